The van der Waals surface area contributed by atoms with Crippen LogP contribution in [0.1, 0.15) is 15.9 Å². The molecule has 6 nitrogen and oxygen atoms in total. The van der Waals surface area contributed by atoms with Crippen LogP contribution in [-0.2, 0) is 14.8 Å². The third-order valence-electron chi connectivity index (χ3n) is 4.30. The number of carbonyl (C=O) groups excluding carboxylic acids is 1. The Morgan fingerprint density at radius 3 is 2.63 bits per heavy atom. The summed E-state index contributed by atoms with van der Waals surface area (Å²) in [5.41, 5.74) is 1.20. The van der Waals surface area contributed by atoms with Crippen LogP contribution in [0.25, 0.3) is 0 Å². The van der Waals surface area contributed by atoms with E-state index in [0.717, 1.165) is 16.4 Å². The van der Waals surface area contributed by atoms with Crippen molar-refractivity contribution in [2.24, 2.45) is 0 Å². The first-order chi connectivity index (χ1) is 12.8. The zero-order valence-electron chi connectivity index (χ0n) is 14.5. The molecule has 0 saturated carbocycles. The SMILES string of the molecule is Cc1c(Cl)cccc1NC(=O)c1ccc(F)c(S(=O)(=O)N2CCOCC2)c1. The van der Waals surface area contributed by atoms with Gasteiger partial charge in [0.15, 0.2) is 0 Å². The van der Waals surface area contributed by atoms with Crippen molar-refractivity contribution >= 4 is 33.2 Å². The molecule has 2 aromatic carbocycles. The minimum Gasteiger partial charge on any atom is -0.379 e. The van der Waals surface area contributed by atoms with E-state index >= 15 is 0 Å². The molecule has 1 N–H and O–H groups in total. The van der Waals surface area contributed by atoms with Crippen LogP contribution in [0.4, 0.5) is 10.1 Å². The minimum atomic E-state index is -4.06. The molecule has 1 aliphatic rings. The predicted molar refractivity (Wildman–Crippen MR) is 100 cm³/mol. The molecule has 1 amide bonds. The lowest BCUT2D eigenvalue weighted by Crippen LogP contribution is -2.41. The summed E-state index contributed by atoms with van der Waals surface area (Å²) in [7, 11) is -4.06. The van der Waals surface area contributed by atoms with Crippen molar-refractivity contribution in [3.8, 4) is 0 Å². The average Bonchev–Trinajstić information content (AvgIpc) is 2.66. The first-order valence-electron chi connectivity index (χ1n) is 8.24. The second-order valence-corrected chi connectivity index (χ2v) is 8.34. The van der Waals surface area contributed by atoms with Crippen molar-refractivity contribution < 1.29 is 22.3 Å². The number of sulfonamides is 1. The predicted octanol–water partition coefficient (Wildman–Crippen LogP) is 3.06. The third kappa shape index (κ3) is 4.14. The van der Waals surface area contributed by atoms with Crippen LogP contribution < -0.4 is 5.32 Å². The molecule has 144 valence electrons. The summed E-state index contributed by atoms with van der Waals surface area (Å²) in [6.45, 7) is 2.51. The van der Waals surface area contributed by atoms with Gasteiger partial charge in [-0.15, -0.1) is 0 Å². The van der Waals surface area contributed by atoms with Crippen molar-refractivity contribution in [3.63, 3.8) is 0 Å². The summed E-state index contributed by atoms with van der Waals surface area (Å²) >= 11 is 6.04. The summed E-state index contributed by atoms with van der Waals surface area (Å²) in [6.07, 6.45) is 0. The summed E-state index contributed by atoms with van der Waals surface area (Å²) in [6, 6.07) is 8.32. The summed E-state index contributed by atoms with van der Waals surface area (Å²) < 4.78 is 46.0. The molecule has 0 aliphatic carbocycles. The molecular formula is C18H18ClFN2O4S. The number of nitrogens with one attached hydrogen (secondary N) is 1. The molecule has 0 atom stereocenters. The molecule has 0 radical (unpaired) electrons. The Bertz CT molecular complexity index is 975. The summed E-state index contributed by atoms with van der Waals surface area (Å²) in [5.74, 6) is -1.46. The Hall–Kier alpha value is -2.00. The number of rotatable bonds is 4. The van der Waals surface area contributed by atoms with E-state index in [4.69, 9.17) is 16.3 Å². The molecule has 9 heteroatoms. The lowest BCUT2D eigenvalue weighted by Gasteiger charge is -2.26. The van der Waals surface area contributed by atoms with Crippen LogP contribution in [0.3, 0.4) is 0 Å². The van der Waals surface area contributed by atoms with Crippen molar-refractivity contribution in [3.05, 3.63) is 58.4 Å². The molecule has 0 bridgehead atoms. The molecule has 27 heavy (non-hydrogen) atoms. The molecule has 0 spiro atoms. The number of halogens is 2. The topological polar surface area (TPSA) is 75.7 Å². The molecule has 1 fully saturated rings. The first-order valence-corrected chi connectivity index (χ1v) is 10.1. The largest absolute Gasteiger partial charge is 0.379 e. The van der Waals surface area contributed by atoms with E-state index in [1.54, 1.807) is 25.1 Å². The Kier molecular flexibility index (Phi) is 5.81. The van der Waals surface area contributed by atoms with Crippen LogP contribution >= 0.6 is 11.6 Å². The van der Waals surface area contributed by atoms with Crippen molar-refractivity contribution in [1.82, 2.24) is 4.31 Å². The Labute approximate surface area is 161 Å². The summed E-state index contributed by atoms with van der Waals surface area (Å²) in [4.78, 5) is 12.0. The van der Waals surface area contributed by atoms with Gasteiger partial charge in [0.1, 0.15) is 10.7 Å². The van der Waals surface area contributed by atoms with E-state index < -0.39 is 26.6 Å². The number of hydrogen-bond donors (Lipinski definition) is 1. The molecule has 2 aromatic rings. The van der Waals surface area contributed by atoms with Crippen molar-refractivity contribution in [1.29, 1.82) is 0 Å². The molecule has 1 saturated heterocycles. The maximum atomic E-state index is 14.2. The highest BCUT2D eigenvalue weighted by Crippen LogP contribution is 2.25. The Morgan fingerprint density at radius 1 is 1.22 bits per heavy atom. The average molecular weight is 413 g/mol. The van der Waals surface area contributed by atoms with Crippen LogP contribution in [0, 0.1) is 12.7 Å². The van der Waals surface area contributed by atoms with Gasteiger partial charge in [0.05, 0.1) is 13.2 Å². The monoisotopic (exact) mass is 412 g/mol. The standard InChI is InChI=1S/C18H18ClFN2O4S/c1-12-14(19)3-2-4-16(12)21-18(23)13-5-6-15(20)17(11-13)27(24,25)22-7-9-26-10-8-22/h2-6,11H,7-10H2,1H3,(H,21,23). The van der Waals surface area contributed by atoms with Crippen LogP contribution in [0.15, 0.2) is 41.3 Å². The highest BCUT2D eigenvalue weighted by molar-refractivity contribution is 7.89. The fourth-order valence-corrected chi connectivity index (χ4v) is 4.38. The van der Waals surface area contributed by atoms with Crippen LogP contribution in [-0.4, -0.2) is 44.9 Å². The number of nitrogens with zero attached hydrogens (tertiary/aromatic N) is 1. The zero-order valence-corrected chi connectivity index (χ0v) is 16.1. The lowest BCUT2D eigenvalue weighted by atomic mass is 10.1. The molecular weight excluding hydrogens is 395 g/mol. The second kappa shape index (κ2) is 7.93. The zero-order chi connectivity index (χ0) is 19.6. The number of carbonyl (C=O) groups is 1. The first kappa shape index (κ1) is 19.8. The van der Waals surface area contributed by atoms with Crippen LogP contribution in [0.5, 0.6) is 0 Å². The van der Waals surface area contributed by atoms with Gasteiger partial charge in [-0.3, -0.25) is 4.79 Å². The second-order valence-electron chi connectivity index (χ2n) is 6.03. The van der Waals surface area contributed by atoms with E-state index in [9.17, 15) is 17.6 Å². The van der Waals surface area contributed by atoms with Crippen molar-refractivity contribution in [2.45, 2.75) is 11.8 Å². The van der Waals surface area contributed by atoms with Gasteiger partial charge in [0, 0.05) is 29.4 Å². The van der Waals surface area contributed by atoms with Gasteiger partial charge in [-0.1, -0.05) is 17.7 Å². The number of amides is 1. The minimum absolute atomic E-state index is 0.0302. The van der Waals surface area contributed by atoms with E-state index in [1.807, 2.05) is 0 Å². The molecule has 0 aromatic heterocycles. The fraction of sp³-hybridized carbons (Fsp3) is 0.278. The maximum Gasteiger partial charge on any atom is 0.255 e. The van der Waals surface area contributed by atoms with Gasteiger partial charge in [0.2, 0.25) is 10.0 Å². The smallest absolute Gasteiger partial charge is 0.255 e. The van der Waals surface area contributed by atoms with Gasteiger partial charge in [-0.2, -0.15) is 4.31 Å². The molecule has 3 rings (SSSR count). The normalized spacial score (nSPS) is 15.5. The number of ether oxygens (including phenoxy) is 1. The molecule has 1 aliphatic heterocycles. The number of benzene rings is 2. The number of morpholine rings is 1. The van der Waals surface area contributed by atoms with Gasteiger partial charge >= 0.3 is 0 Å². The third-order valence-corrected chi connectivity index (χ3v) is 6.62. The van der Waals surface area contributed by atoms with Crippen molar-refractivity contribution in [2.75, 3.05) is 31.6 Å². The van der Waals surface area contributed by atoms with Gasteiger partial charge in [-0.05, 0) is 42.8 Å². The van der Waals surface area contributed by atoms with E-state index in [0.29, 0.717) is 16.3 Å². The number of anilines is 1. The number of hydrogen-bond acceptors (Lipinski definition) is 4. The molecule has 1 heterocycles. The maximum absolute atomic E-state index is 14.2. The highest BCUT2D eigenvalue weighted by atomic mass is 35.5. The van der Waals surface area contributed by atoms with Gasteiger partial charge in [0.25, 0.3) is 5.91 Å². The Balaban J connectivity index is 1.90. The van der Waals surface area contributed by atoms with Gasteiger partial charge in [-0.25, -0.2) is 12.8 Å². The van der Waals surface area contributed by atoms with E-state index in [2.05, 4.69) is 5.32 Å². The fourth-order valence-electron chi connectivity index (χ4n) is 2.71. The molecule has 0 unspecified atom stereocenters. The lowest BCUT2D eigenvalue weighted by molar-refractivity contribution is 0.0729. The van der Waals surface area contributed by atoms with Crippen LogP contribution in [0.2, 0.25) is 5.02 Å². The quantitative estimate of drug-likeness (QED) is 0.837. The Morgan fingerprint density at radius 2 is 1.93 bits per heavy atom. The van der Waals surface area contributed by atoms with E-state index in [1.165, 1.54) is 6.07 Å². The van der Waals surface area contributed by atoms with Gasteiger partial charge < -0.3 is 10.1 Å². The highest BCUT2D eigenvalue weighted by Gasteiger charge is 2.29. The van der Waals surface area contributed by atoms with E-state index in [-0.39, 0.29) is 31.9 Å². The summed E-state index contributed by atoms with van der Waals surface area (Å²) in [5, 5.41) is 3.16.